The number of sulfone groups is 1. The largest absolute Gasteiger partial charge is 0.342 e. The van der Waals surface area contributed by atoms with Crippen molar-refractivity contribution in [1.82, 2.24) is 0 Å². The van der Waals surface area contributed by atoms with Crippen LogP contribution in [-0.4, -0.2) is 15.5 Å². The molecule has 0 saturated heterocycles. The second-order valence-electron chi connectivity index (χ2n) is 11.1. The highest BCUT2D eigenvalue weighted by atomic mass is 32.2. The van der Waals surface area contributed by atoms with Crippen LogP contribution in [-0.2, 0) is 9.84 Å². The van der Waals surface area contributed by atoms with Crippen LogP contribution in [0.5, 0.6) is 0 Å². The van der Waals surface area contributed by atoms with Crippen LogP contribution in [0, 0.1) is 0 Å². The summed E-state index contributed by atoms with van der Waals surface area (Å²) in [7, 11) is -1.88. The first kappa shape index (κ1) is 28.3. The lowest BCUT2D eigenvalue weighted by Crippen LogP contribution is -2.22. The first-order chi connectivity index (χ1) is 22.0. The molecule has 0 radical (unpaired) electrons. The summed E-state index contributed by atoms with van der Waals surface area (Å²) < 4.78 is 28.7. The predicted molar refractivity (Wildman–Crippen MR) is 186 cm³/mol. The minimum atomic E-state index is -3.81. The second kappa shape index (κ2) is 11.9. The highest BCUT2D eigenvalue weighted by molar-refractivity contribution is 7.92. The second-order valence-corrected chi connectivity index (χ2v) is 13.0. The van der Waals surface area contributed by atoms with Crippen molar-refractivity contribution in [3.63, 3.8) is 0 Å². The molecule has 3 nitrogen and oxygen atoms in total. The van der Waals surface area contributed by atoms with Crippen LogP contribution in [0.3, 0.4) is 0 Å². The van der Waals surface area contributed by atoms with Gasteiger partial charge in [-0.2, -0.15) is 0 Å². The van der Waals surface area contributed by atoms with Gasteiger partial charge in [-0.15, -0.1) is 0 Å². The first-order valence-corrected chi connectivity index (χ1v) is 16.4. The summed E-state index contributed by atoms with van der Waals surface area (Å²) in [5.41, 5.74) is 9.29. The van der Waals surface area contributed by atoms with Crippen molar-refractivity contribution >= 4 is 44.5 Å². The number of benzene rings is 6. The fourth-order valence-corrected chi connectivity index (χ4v) is 7.72. The Labute approximate surface area is 265 Å². The lowest BCUT2D eigenvalue weighted by atomic mass is 9.95. The van der Waals surface area contributed by atoms with Crippen LogP contribution >= 0.6 is 0 Å². The van der Waals surface area contributed by atoms with E-state index in [0.717, 1.165) is 44.5 Å². The third kappa shape index (κ3) is 5.52. The molecule has 0 aliphatic carbocycles. The van der Waals surface area contributed by atoms with Gasteiger partial charge in [0.2, 0.25) is 9.84 Å². The molecule has 0 unspecified atom stereocenters. The van der Waals surface area contributed by atoms with Crippen molar-refractivity contribution in [2.45, 2.75) is 9.79 Å². The summed E-state index contributed by atoms with van der Waals surface area (Å²) in [6.45, 7) is 0. The smallest absolute Gasteiger partial charge is 0.210 e. The van der Waals surface area contributed by atoms with Crippen LogP contribution in [0.1, 0.15) is 33.4 Å². The fourth-order valence-electron chi connectivity index (χ4n) is 5.94. The molecule has 6 aromatic carbocycles. The van der Waals surface area contributed by atoms with Gasteiger partial charge in [-0.3, -0.25) is 0 Å². The minimum absolute atomic E-state index is 0.305. The molecule has 0 bridgehead atoms. The molecule has 0 amide bonds. The Hall–Kier alpha value is -5.45. The first-order valence-electron chi connectivity index (χ1n) is 14.9. The van der Waals surface area contributed by atoms with Gasteiger partial charge in [0, 0.05) is 7.05 Å². The Bertz CT molecular complexity index is 1920. The predicted octanol–water partition coefficient (Wildman–Crippen LogP) is 9.78. The van der Waals surface area contributed by atoms with Crippen LogP contribution in [0.4, 0.5) is 11.4 Å². The molecule has 1 heterocycles. The van der Waals surface area contributed by atoms with Gasteiger partial charge in [-0.1, -0.05) is 133 Å². The van der Waals surface area contributed by atoms with E-state index in [1.165, 1.54) is 0 Å². The van der Waals surface area contributed by atoms with Crippen LogP contribution in [0.25, 0.3) is 23.3 Å². The number of anilines is 2. The van der Waals surface area contributed by atoms with Crippen LogP contribution in [0.15, 0.2) is 168 Å². The molecule has 4 heteroatoms. The highest BCUT2D eigenvalue weighted by Crippen LogP contribution is 2.44. The average Bonchev–Trinajstić information content (AvgIpc) is 3.10. The lowest BCUT2D eigenvalue weighted by Gasteiger charge is -2.30. The van der Waals surface area contributed by atoms with Crippen molar-refractivity contribution in [1.29, 1.82) is 0 Å². The molecule has 0 spiro atoms. The van der Waals surface area contributed by atoms with E-state index in [2.05, 4.69) is 60.7 Å². The average molecular weight is 602 g/mol. The maximum atomic E-state index is 14.3. The summed E-state index contributed by atoms with van der Waals surface area (Å²) in [6, 6.07) is 52.1. The van der Waals surface area contributed by atoms with E-state index >= 15 is 0 Å². The number of rotatable bonds is 6. The van der Waals surface area contributed by atoms with Crippen molar-refractivity contribution in [2.75, 3.05) is 11.9 Å². The summed E-state index contributed by atoms with van der Waals surface area (Å²) >= 11 is 0. The van der Waals surface area contributed by atoms with Gasteiger partial charge in [0.25, 0.3) is 0 Å². The number of fused-ring (bicyclic) bond motifs is 2. The molecule has 1 aliphatic heterocycles. The summed E-state index contributed by atoms with van der Waals surface area (Å²) in [5.74, 6) is 0. The van der Waals surface area contributed by atoms with E-state index in [-0.39, 0.29) is 0 Å². The van der Waals surface area contributed by atoms with Crippen molar-refractivity contribution in [2.24, 2.45) is 0 Å². The van der Waals surface area contributed by atoms with Gasteiger partial charge in [0.1, 0.15) is 0 Å². The fraction of sp³-hybridized carbons (Fsp3) is 0.0244. The summed E-state index contributed by atoms with van der Waals surface area (Å²) in [6.07, 6.45) is 4.14. The maximum absolute atomic E-state index is 14.3. The third-order valence-corrected chi connectivity index (χ3v) is 10.0. The number of hydrogen-bond acceptors (Lipinski definition) is 3. The molecule has 0 N–H and O–H groups in total. The highest BCUT2D eigenvalue weighted by Gasteiger charge is 2.33. The molecule has 6 aromatic rings. The Balaban J connectivity index is 1.34. The molecule has 0 fully saturated rings. The molecule has 1 aliphatic rings. The van der Waals surface area contributed by atoms with Crippen molar-refractivity contribution < 1.29 is 8.42 Å². The third-order valence-electron chi connectivity index (χ3n) is 8.23. The molecule has 0 aromatic heterocycles. The number of nitrogens with zero attached hydrogens (tertiary/aromatic N) is 1. The Morgan fingerprint density at radius 1 is 0.467 bits per heavy atom. The van der Waals surface area contributed by atoms with Gasteiger partial charge in [0.05, 0.1) is 21.2 Å². The molecule has 0 atom stereocenters. The van der Waals surface area contributed by atoms with Crippen molar-refractivity contribution in [3.8, 4) is 0 Å². The Kier molecular flexibility index (Phi) is 7.50. The van der Waals surface area contributed by atoms with Gasteiger partial charge in [-0.25, -0.2) is 8.42 Å². The van der Waals surface area contributed by atoms with Gasteiger partial charge >= 0.3 is 0 Å². The molecule has 45 heavy (non-hydrogen) atoms. The van der Waals surface area contributed by atoms with E-state index < -0.39 is 9.84 Å². The van der Waals surface area contributed by atoms with Gasteiger partial charge < -0.3 is 4.90 Å². The minimum Gasteiger partial charge on any atom is -0.342 e. The van der Waals surface area contributed by atoms with E-state index in [0.29, 0.717) is 21.2 Å². The van der Waals surface area contributed by atoms with E-state index in [1.54, 1.807) is 12.1 Å². The molecule has 0 saturated carbocycles. The quantitative estimate of drug-likeness (QED) is 0.178. The maximum Gasteiger partial charge on any atom is 0.210 e. The van der Waals surface area contributed by atoms with Gasteiger partial charge in [0.15, 0.2) is 0 Å². The monoisotopic (exact) mass is 601 g/mol. The molecular weight excluding hydrogens is 571 g/mol. The van der Waals surface area contributed by atoms with Crippen LogP contribution < -0.4 is 4.90 Å². The normalized spacial score (nSPS) is 12.9. The SMILES string of the molecule is CN1c2ccc(C=C(c3ccccc3)c3ccccc3)cc2S(=O)(=O)c2cc(C=C(c3ccccc3)c3ccccc3)ccc21. The van der Waals surface area contributed by atoms with Crippen LogP contribution in [0.2, 0.25) is 0 Å². The van der Waals surface area contributed by atoms with E-state index in [1.807, 2.05) is 109 Å². The van der Waals surface area contributed by atoms with Gasteiger partial charge in [-0.05, 0) is 80.9 Å². The topological polar surface area (TPSA) is 37.4 Å². The molecule has 7 rings (SSSR count). The summed E-state index contributed by atoms with van der Waals surface area (Å²) in [5, 5.41) is 0. The zero-order valence-corrected chi connectivity index (χ0v) is 25.7. The zero-order chi connectivity index (χ0) is 30.8. The molecule has 218 valence electrons. The Morgan fingerprint density at radius 3 is 1.09 bits per heavy atom. The lowest BCUT2D eigenvalue weighted by molar-refractivity contribution is 0.594. The van der Waals surface area contributed by atoms with E-state index in [9.17, 15) is 8.42 Å². The van der Waals surface area contributed by atoms with E-state index in [4.69, 9.17) is 0 Å². The van der Waals surface area contributed by atoms with Crippen molar-refractivity contribution in [3.05, 3.63) is 191 Å². The standard InChI is InChI=1S/C41H31NO2S/c1-42-38-24-22-30(26-36(32-14-6-2-7-15-32)33-16-8-3-9-17-33)28-40(38)45(43,44)41-29-31(23-25-39(41)42)27-37(34-18-10-4-11-19-34)35-20-12-5-13-21-35/h2-29H,1H3. The summed E-state index contributed by atoms with van der Waals surface area (Å²) in [4.78, 5) is 2.58. The zero-order valence-electron chi connectivity index (χ0n) is 24.8. The molecular formula is C41H31NO2S. The number of hydrogen-bond donors (Lipinski definition) is 0. The Morgan fingerprint density at radius 2 is 0.778 bits per heavy atom.